The Bertz CT molecular complexity index is 660. The zero-order valence-electron chi connectivity index (χ0n) is 13.9. The zero-order chi connectivity index (χ0) is 16.7. The van der Waals surface area contributed by atoms with E-state index in [0.29, 0.717) is 16.8 Å². The topological polar surface area (TPSA) is 66.9 Å². The standard InChI is InChI=1S/C17H24N4OS/c1-4-18-16-13-7-5-6-8-14(13)20-17(21-16)23-11-15(22)19-10-9-12(2)3/h5-8,12H,4,9-11H2,1-3H3,(H,19,22)(H,18,20,21). The average molecular weight is 332 g/mol. The Morgan fingerprint density at radius 3 is 2.78 bits per heavy atom. The molecule has 2 aromatic rings. The number of amides is 1. The summed E-state index contributed by atoms with van der Waals surface area (Å²) >= 11 is 1.37. The largest absolute Gasteiger partial charge is 0.370 e. The van der Waals surface area contributed by atoms with Gasteiger partial charge in [0, 0.05) is 18.5 Å². The average Bonchev–Trinajstić information content (AvgIpc) is 2.53. The van der Waals surface area contributed by atoms with Crippen LogP contribution in [0.2, 0.25) is 0 Å². The number of carbonyl (C=O) groups is 1. The molecule has 0 atom stereocenters. The number of carbonyl (C=O) groups excluding carboxylic acids is 1. The molecule has 1 aromatic heterocycles. The van der Waals surface area contributed by atoms with Crippen molar-refractivity contribution >= 4 is 34.4 Å². The van der Waals surface area contributed by atoms with Gasteiger partial charge in [0.1, 0.15) is 5.82 Å². The van der Waals surface area contributed by atoms with E-state index in [1.807, 2.05) is 31.2 Å². The number of hydrogen-bond acceptors (Lipinski definition) is 5. The van der Waals surface area contributed by atoms with Crippen molar-refractivity contribution in [3.63, 3.8) is 0 Å². The van der Waals surface area contributed by atoms with E-state index in [9.17, 15) is 4.79 Å². The minimum absolute atomic E-state index is 0.0254. The van der Waals surface area contributed by atoms with E-state index in [4.69, 9.17) is 0 Å². The van der Waals surface area contributed by atoms with Crippen LogP contribution in [0.4, 0.5) is 5.82 Å². The summed E-state index contributed by atoms with van der Waals surface area (Å²) in [6, 6.07) is 7.89. The number of benzene rings is 1. The Morgan fingerprint density at radius 1 is 1.26 bits per heavy atom. The van der Waals surface area contributed by atoms with Crippen LogP contribution in [0.5, 0.6) is 0 Å². The van der Waals surface area contributed by atoms with Crippen molar-refractivity contribution in [1.29, 1.82) is 0 Å². The van der Waals surface area contributed by atoms with Crippen molar-refractivity contribution in [1.82, 2.24) is 15.3 Å². The summed E-state index contributed by atoms with van der Waals surface area (Å²) in [5.41, 5.74) is 0.890. The molecule has 0 unspecified atom stereocenters. The summed E-state index contributed by atoms with van der Waals surface area (Å²) in [7, 11) is 0. The van der Waals surface area contributed by atoms with Crippen molar-refractivity contribution < 1.29 is 4.79 Å². The Hall–Kier alpha value is -1.82. The van der Waals surface area contributed by atoms with Crippen molar-refractivity contribution in [2.45, 2.75) is 32.3 Å². The van der Waals surface area contributed by atoms with E-state index in [1.54, 1.807) is 0 Å². The molecule has 0 aliphatic rings. The van der Waals surface area contributed by atoms with Crippen LogP contribution in [0, 0.1) is 5.92 Å². The van der Waals surface area contributed by atoms with E-state index in [-0.39, 0.29) is 5.91 Å². The van der Waals surface area contributed by atoms with Crippen LogP contribution < -0.4 is 10.6 Å². The van der Waals surface area contributed by atoms with Gasteiger partial charge >= 0.3 is 0 Å². The van der Waals surface area contributed by atoms with Crippen molar-refractivity contribution in [2.24, 2.45) is 5.92 Å². The second-order valence-electron chi connectivity index (χ2n) is 5.72. The molecule has 0 aliphatic carbocycles. The molecule has 124 valence electrons. The lowest BCUT2D eigenvalue weighted by molar-refractivity contribution is -0.118. The summed E-state index contributed by atoms with van der Waals surface area (Å²) in [6.07, 6.45) is 0.994. The maximum absolute atomic E-state index is 11.9. The lowest BCUT2D eigenvalue weighted by atomic mass is 10.1. The van der Waals surface area contributed by atoms with Gasteiger partial charge in [-0.25, -0.2) is 9.97 Å². The van der Waals surface area contributed by atoms with Gasteiger partial charge in [0.15, 0.2) is 5.16 Å². The van der Waals surface area contributed by atoms with Crippen molar-refractivity contribution in [2.75, 3.05) is 24.2 Å². The van der Waals surface area contributed by atoms with Gasteiger partial charge < -0.3 is 10.6 Å². The first-order valence-electron chi connectivity index (χ1n) is 8.00. The van der Waals surface area contributed by atoms with E-state index >= 15 is 0 Å². The number of para-hydroxylation sites is 1. The summed E-state index contributed by atoms with van der Waals surface area (Å²) in [4.78, 5) is 20.9. The van der Waals surface area contributed by atoms with Crippen LogP contribution in [0.3, 0.4) is 0 Å². The van der Waals surface area contributed by atoms with Gasteiger partial charge in [0.25, 0.3) is 0 Å². The van der Waals surface area contributed by atoms with E-state index in [1.165, 1.54) is 11.8 Å². The van der Waals surface area contributed by atoms with Gasteiger partial charge in [0.2, 0.25) is 5.91 Å². The molecule has 1 aromatic carbocycles. The highest BCUT2D eigenvalue weighted by atomic mass is 32.2. The predicted molar refractivity (Wildman–Crippen MR) is 96.9 cm³/mol. The first-order valence-corrected chi connectivity index (χ1v) is 8.99. The normalized spacial score (nSPS) is 11.0. The first-order chi connectivity index (χ1) is 11.1. The lowest BCUT2D eigenvalue weighted by Crippen LogP contribution is -2.27. The Labute approximate surface area is 141 Å². The maximum atomic E-state index is 11.9. The van der Waals surface area contributed by atoms with E-state index in [2.05, 4.69) is 34.4 Å². The molecular weight excluding hydrogens is 308 g/mol. The van der Waals surface area contributed by atoms with Crippen LogP contribution >= 0.6 is 11.8 Å². The van der Waals surface area contributed by atoms with Crippen LogP contribution in [0.1, 0.15) is 27.2 Å². The molecular formula is C17H24N4OS. The number of hydrogen-bond donors (Lipinski definition) is 2. The SMILES string of the molecule is CCNc1nc(SCC(=O)NCCC(C)C)nc2ccccc12. The van der Waals surface area contributed by atoms with Crippen LogP contribution in [0.15, 0.2) is 29.4 Å². The highest BCUT2D eigenvalue weighted by Gasteiger charge is 2.09. The first kappa shape index (κ1) is 17.5. The molecule has 0 aliphatic heterocycles. The Balaban J connectivity index is 2.01. The summed E-state index contributed by atoms with van der Waals surface area (Å²) < 4.78 is 0. The molecule has 1 heterocycles. The molecule has 5 nitrogen and oxygen atoms in total. The molecule has 0 fully saturated rings. The number of aromatic nitrogens is 2. The quantitative estimate of drug-likeness (QED) is 0.573. The number of fused-ring (bicyclic) bond motifs is 1. The minimum atomic E-state index is 0.0254. The smallest absolute Gasteiger partial charge is 0.230 e. The lowest BCUT2D eigenvalue weighted by Gasteiger charge is -2.09. The molecule has 6 heteroatoms. The molecule has 0 radical (unpaired) electrons. The third kappa shape index (κ3) is 5.39. The molecule has 0 saturated heterocycles. The molecule has 2 rings (SSSR count). The molecule has 23 heavy (non-hydrogen) atoms. The number of nitrogens with one attached hydrogen (secondary N) is 2. The second kappa shape index (κ2) is 8.72. The fourth-order valence-corrected chi connectivity index (χ4v) is 2.78. The Morgan fingerprint density at radius 2 is 2.04 bits per heavy atom. The van der Waals surface area contributed by atoms with Gasteiger partial charge in [-0.1, -0.05) is 37.7 Å². The molecule has 0 bridgehead atoms. The monoisotopic (exact) mass is 332 g/mol. The molecule has 0 saturated carbocycles. The van der Waals surface area contributed by atoms with E-state index < -0.39 is 0 Å². The van der Waals surface area contributed by atoms with Gasteiger partial charge in [-0.3, -0.25) is 4.79 Å². The number of thioether (sulfide) groups is 1. The van der Waals surface area contributed by atoms with E-state index in [0.717, 1.165) is 36.2 Å². The second-order valence-corrected chi connectivity index (χ2v) is 6.67. The number of rotatable bonds is 8. The number of nitrogens with zero attached hydrogens (tertiary/aromatic N) is 2. The Kier molecular flexibility index (Phi) is 6.65. The molecule has 1 amide bonds. The summed E-state index contributed by atoms with van der Waals surface area (Å²) in [5.74, 6) is 1.77. The van der Waals surface area contributed by atoms with Gasteiger partial charge in [0.05, 0.1) is 11.3 Å². The fraction of sp³-hybridized carbons (Fsp3) is 0.471. The minimum Gasteiger partial charge on any atom is -0.370 e. The maximum Gasteiger partial charge on any atom is 0.230 e. The zero-order valence-corrected chi connectivity index (χ0v) is 14.7. The van der Waals surface area contributed by atoms with Gasteiger partial charge in [-0.05, 0) is 31.4 Å². The van der Waals surface area contributed by atoms with Crippen molar-refractivity contribution in [3.8, 4) is 0 Å². The summed E-state index contributed by atoms with van der Waals surface area (Å²) in [5, 5.41) is 7.81. The fourth-order valence-electron chi connectivity index (χ4n) is 2.10. The highest BCUT2D eigenvalue weighted by Crippen LogP contribution is 2.24. The molecule has 2 N–H and O–H groups in total. The third-order valence-electron chi connectivity index (χ3n) is 3.30. The number of anilines is 1. The summed E-state index contributed by atoms with van der Waals surface area (Å²) in [6.45, 7) is 7.84. The third-order valence-corrected chi connectivity index (χ3v) is 4.15. The van der Waals surface area contributed by atoms with Crippen LogP contribution in [-0.2, 0) is 4.79 Å². The molecule has 0 spiro atoms. The van der Waals surface area contributed by atoms with Crippen LogP contribution in [0.25, 0.3) is 10.9 Å². The van der Waals surface area contributed by atoms with Gasteiger partial charge in [-0.2, -0.15) is 0 Å². The van der Waals surface area contributed by atoms with Crippen LogP contribution in [-0.4, -0.2) is 34.7 Å². The van der Waals surface area contributed by atoms with Gasteiger partial charge in [-0.15, -0.1) is 0 Å². The highest BCUT2D eigenvalue weighted by molar-refractivity contribution is 7.99. The predicted octanol–water partition coefficient (Wildman–Crippen LogP) is 3.32. The van der Waals surface area contributed by atoms with Crippen molar-refractivity contribution in [3.05, 3.63) is 24.3 Å².